The molecule has 0 spiro atoms. The van der Waals surface area contributed by atoms with Gasteiger partial charge < -0.3 is 0 Å². The van der Waals surface area contributed by atoms with E-state index in [-0.39, 0.29) is 0 Å². The summed E-state index contributed by atoms with van der Waals surface area (Å²) in [6.07, 6.45) is 1.02. The molecule has 1 aromatic carbocycles. The maximum atomic E-state index is 11.2. The van der Waals surface area contributed by atoms with Crippen molar-refractivity contribution in [2.45, 2.75) is 0 Å². The first-order valence-corrected chi connectivity index (χ1v) is 7.25. The van der Waals surface area contributed by atoms with Crippen molar-refractivity contribution in [1.29, 1.82) is 0 Å². The van der Waals surface area contributed by atoms with Crippen LogP contribution >= 0.6 is 8.03 Å². The van der Waals surface area contributed by atoms with Gasteiger partial charge in [0, 0.05) is 6.26 Å². The van der Waals surface area contributed by atoms with Gasteiger partial charge in [-0.25, -0.2) is 8.42 Å². The number of benzene rings is 1. The Morgan fingerprint density at radius 1 is 1.29 bits per heavy atom. The van der Waals surface area contributed by atoms with Gasteiger partial charge in [0.05, 0.1) is 0 Å². The van der Waals surface area contributed by atoms with Crippen molar-refractivity contribution < 1.29 is 17.5 Å². The van der Waals surface area contributed by atoms with E-state index in [1.165, 1.54) is 0 Å². The van der Waals surface area contributed by atoms with Crippen LogP contribution in [-0.4, -0.2) is 20.2 Å². The molecule has 0 fully saturated rings. The summed E-state index contributed by atoms with van der Waals surface area (Å²) in [5.41, 5.74) is -0.447. The van der Waals surface area contributed by atoms with Gasteiger partial charge in [-0.15, -0.1) is 0 Å². The van der Waals surface area contributed by atoms with Gasteiger partial charge in [-0.3, -0.25) is 4.52 Å². The molecule has 1 rings (SSSR count). The largest absolute Gasteiger partial charge is 0.572 e. The van der Waals surface area contributed by atoms with Gasteiger partial charge in [0.25, 0.3) is 5.49 Å². The Morgan fingerprint density at radius 3 is 2.36 bits per heavy atom. The van der Waals surface area contributed by atoms with E-state index < -0.39 is 23.4 Å². The summed E-state index contributed by atoms with van der Waals surface area (Å²) in [6, 6.07) is 8.47. The number of rotatable bonds is 4. The van der Waals surface area contributed by atoms with Crippen LogP contribution in [0, 0.1) is 0 Å². The van der Waals surface area contributed by atoms with Crippen LogP contribution in [0.5, 0.6) is 5.75 Å². The van der Waals surface area contributed by atoms with E-state index in [2.05, 4.69) is 0 Å². The van der Waals surface area contributed by atoms with Gasteiger partial charge in [-0.05, 0) is 16.7 Å². The molecule has 0 N–H and O–H groups in total. The van der Waals surface area contributed by atoms with E-state index in [9.17, 15) is 13.0 Å². The first-order valence-electron chi connectivity index (χ1n) is 3.83. The molecular formula is C8H10O4PS+. The molecule has 6 heteroatoms. The Bertz CT molecular complexity index is 412. The summed E-state index contributed by atoms with van der Waals surface area (Å²) in [4.78, 5) is 0. The Labute approximate surface area is 83.7 Å². The third kappa shape index (κ3) is 4.35. The maximum Gasteiger partial charge on any atom is 0.572 e. The fourth-order valence-electron chi connectivity index (χ4n) is 0.817. The molecule has 0 radical (unpaired) electrons. The molecule has 0 heterocycles. The summed E-state index contributed by atoms with van der Waals surface area (Å²) in [5, 5.41) is 0. The van der Waals surface area contributed by atoms with E-state index in [4.69, 9.17) is 4.52 Å². The van der Waals surface area contributed by atoms with Gasteiger partial charge in [-0.2, -0.15) is 0 Å². The predicted molar refractivity (Wildman–Crippen MR) is 54.4 cm³/mol. The SMILES string of the molecule is CS(=O)(=O)C[P+](=O)Oc1ccccc1. The van der Waals surface area contributed by atoms with Crippen molar-refractivity contribution in [1.82, 2.24) is 0 Å². The zero-order valence-corrected chi connectivity index (χ0v) is 9.29. The average Bonchev–Trinajstić information content (AvgIpc) is 2.02. The van der Waals surface area contributed by atoms with Gasteiger partial charge in [0.15, 0.2) is 15.6 Å². The summed E-state index contributed by atoms with van der Waals surface area (Å²) in [7, 11) is -5.44. The first-order chi connectivity index (χ1) is 6.47. The molecule has 4 nitrogen and oxygen atoms in total. The van der Waals surface area contributed by atoms with Crippen LogP contribution in [0.3, 0.4) is 0 Å². The standard InChI is InChI=1S/C8H10O4PS/c1-14(10,11)7-13(9)12-8-5-3-2-4-6-8/h2-6H,7H2,1H3/q+1. The number of para-hydroxylation sites is 1. The van der Waals surface area contributed by atoms with E-state index in [1.54, 1.807) is 30.3 Å². The van der Waals surface area contributed by atoms with E-state index in [0.29, 0.717) is 5.75 Å². The molecule has 14 heavy (non-hydrogen) atoms. The Balaban J connectivity index is 2.59. The van der Waals surface area contributed by atoms with Crippen molar-refractivity contribution in [3.8, 4) is 5.75 Å². The minimum Gasteiger partial charge on any atom is -0.254 e. The van der Waals surface area contributed by atoms with Crippen LogP contribution in [0.25, 0.3) is 0 Å². The molecule has 0 saturated heterocycles. The summed E-state index contributed by atoms with van der Waals surface area (Å²) < 4.78 is 37.6. The second kappa shape index (κ2) is 4.53. The second-order valence-electron chi connectivity index (χ2n) is 2.79. The third-order valence-electron chi connectivity index (χ3n) is 1.29. The summed E-state index contributed by atoms with van der Waals surface area (Å²) >= 11 is 0. The molecule has 1 aromatic rings. The zero-order chi connectivity index (χ0) is 10.6. The van der Waals surface area contributed by atoms with Crippen LogP contribution < -0.4 is 4.52 Å². The highest BCUT2D eigenvalue weighted by Crippen LogP contribution is 2.27. The van der Waals surface area contributed by atoms with Crippen LogP contribution in [0.15, 0.2) is 30.3 Å². The normalized spacial score (nSPS) is 12.2. The monoisotopic (exact) mass is 233 g/mol. The maximum absolute atomic E-state index is 11.2. The van der Waals surface area contributed by atoms with Crippen LogP contribution in [0.4, 0.5) is 0 Å². The molecule has 0 aliphatic rings. The smallest absolute Gasteiger partial charge is 0.254 e. The number of hydrogen-bond donors (Lipinski definition) is 0. The fourth-order valence-corrected chi connectivity index (χ4v) is 2.92. The summed E-state index contributed by atoms with van der Waals surface area (Å²) in [6.45, 7) is 0. The zero-order valence-electron chi connectivity index (χ0n) is 7.58. The first kappa shape index (κ1) is 11.1. The van der Waals surface area contributed by atoms with Crippen LogP contribution in [0.2, 0.25) is 0 Å². The average molecular weight is 233 g/mol. The van der Waals surface area contributed by atoms with Gasteiger partial charge in [-0.1, -0.05) is 18.2 Å². The topological polar surface area (TPSA) is 60.4 Å². The minimum atomic E-state index is -3.25. The number of hydrogen-bond acceptors (Lipinski definition) is 4. The van der Waals surface area contributed by atoms with Crippen molar-refractivity contribution in [2.75, 3.05) is 11.7 Å². The van der Waals surface area contributed by atoms with Crippen molar-refractivity contribution in [3.05, 3.63) is 30.3 Å². The summed E-state index contributed by atoms with van der Waals surface area (Å²) in [5.74, 6) is 0.414. The lowest BCUT2D eigenvalue weighted by Crippen LogP contribution is -2.00. The molecule has 1 unspecified atom stereocenters. The van der Waals surface area contributed by atoms with Crippen molar-refractivity contribution in [2.24, 2.45) is 0 Å². The highest BCUT2D eigenvalue weighted by molar-refractivity contribution is 7.95. The molecule has 0 bridgehead atoms. The van der Waals surface area contributed by atoms with Gasteiger partial charge in [0.2, 0.25) is 0 Å². The minimum absolute atomic E-state index is 0.414. The fraction of sp³-hybridized carbons (Fsp3) is 0.250. The third-order valence-corrected chi connectivity index (χ3v) is 4.42. The molecule has 0 saturated carbocycles. The Kier molecular flexibility index (Phi) is 3.61. The van der Waals surface area contributed by atoms with Crippen LogP contribution in [0.1, 0.15) is 0 Å². The van der Waals surface area contributed by atoms with Crippen molar-refractivity contribution >= 4 is 17.9 Å². The molecular weight excluding hydrogens is 223 g/mol. The molecule has 1 atom stereocenters. The van der Waals surface area contributed by atoms with Gasteiger partial charge >= 0.3 is 8.03 Å². The van der Waals surface area contributed by atoms with Gasteiger partial charge in [0.1, 0.15) is 0 Å². The molecule has 0 aromatic heterocycles. The lowest BCUT2D eigenvalue weighted by Gasteiger charge is -1.91. The van der Waals surface area contributed by atoms with Crippen molar-refractivity contribution in [3.63, 3.8) is 0 Å². The van der Waals surface area contributed by atoms with E-state index in [0.717, 1.165) is 6.26 Å². The molecule has 0 aliphatic carbocycles. The Morgan fingerprint density at radius 2 is 1.86 bits per heavy atom. The number of sulfone groups is 1. The van der Waals surface area contributed by atoms with Crippen LogP contribution in [-0.2, 0) is 14.4 Å². The quantitative estimate of drug-likeness (QED) is 0.744. The predicted octanol–water partition coefficient (Wildman–Crippen LogP) is 1.81. The Hall–Kier alpha value is -0.930. The lowest BCUT2D eigenvalue weighted by molar-refractivity contribution is 0.508. The molecule has 76 valence electrons. The molecule has 0 amide bonds. The van der Waals surface area contributed by atoms with E-state index in [1.807, 2.05) is 0 Å². The lowest BCUT2D eigenvalue weighted by atomic mass is 10.3. The second-order valence-corrected chi connectivity index (χ2v) is 6.52. The molecule has 0 aliphatic heterocycles. The van der Waals surface area contributed by atoms with E-state index >= 15 is 0 Å². The highest BCUT2D eigenvalue weighted by Gasteiger charge is 2.25. The highest BCUT2D eigenvalue weighted by atomic mass is 32.2.